The van der Waals surface area contributed by atoms with E-state index in [1.807, 2.05) is 60.7 Å². The van der Waals surface area contributed by atoms with Gasteiger partial charge in [0.2, 0.25) is 0 Å². The van der Waals surface area contributed by atoms with Crippen LogP contribution in [-0.2, 0) is 16.0 Å². The van der Waals surface area contributed by atoms with Crippen LogP contribution in [0.25, 0.3) is 5.69 Å². The van der Waals surface area contributed by atoms with E-state index < -0.39 is 23.4 Å². The predicted molar refractivity (Wildman–Crippen MR) is 109 cm³/mol. The third kappa shape index (κ3) is 3.29. The molecule has 29 heavy (non-hydrogen) atoms. The lowest BCUT2D eigenvalue weighted by atomic mass is 9.66. The molecule has 0 fully saturated rings. The van der Waals surface area contributed by atoms with Gasteiger partial charge in [-0.3, -0.25) is 14.7 Å². The summed E-state index contributed by atoms with van der Waals surface area (Å²) in [7, 11) is 0. The van der Waals surface area contributed by atoms with Crippen molar-refractivity contribution in [2.75, 3.05) is 6.61 Å². The first-order valence-corrected chi connectivity index (χ1v) is 9.77. The van der Waals surface area contributed by atoms with Crippen molar-refractivity contribution in [3.8, 4) is 5.69 Å². The molecule has 3 atom stereocenters. The number of ether oxygens (including phenoxy) is 1. The molecule has 6 nitrogen and oxygen atoms in total. The van der Waals surface area contributed by atoms with Gasteiger partial charge in [0.25, 0.3) is 5.56 Å². The van der Waals surface area contributed by atoms with Gasteiger partial charge in [-0.25, -0.2) is 4.68 Å². The van der Waals surface area contributed by atoms with Crippen LogP contribution in [0.2, 0.25) is 0 Å². The Labute approximate surface area is 168 Å². The third-order valence-corrected chi connectivity index (χ3v) is 5.57. The first kappa shape index (κ1) is 19.2. The molecule has 1 aliphatic carbocycles. The summed E-state index contributed by atoms with van der Waals surface area (Å²) in [5.41, 5.74) is 1.05. The Kier molecular flexibility index (Phi) is 4.88. The van der Waals surface area contributed by atoms with E-state index in [9.17, 15) is 14.7 Å². The van der Waals surface area contributed by atoms with Gasteiger partial charge in [0.15, 0.2) is 0 Å². The van der Waals surface area contributed by atoms with Crippen molar-refractivity contribution >= 4 is 5.97 Å². The highest BCUT2D eigenvalue weighted by Gasteiger charge is 2.51. The fourth-order valence-corrected chi connectivity index (χ4v) is 4.34. The first-order chi connectivity index (χ1) is 13.9. The molecule has 150 valence electrons. The van der Waals surface area contributed by atoms with Crippen molar-refractivity contribution in [3.63, 3.8) is 0 Å². The van der Waals surface area contributed by atoms with E-state index in [2.05, 4.69) is 5.10 Å². The van der Waals surface area contributed by atoms with Crippen molar-refractivity contribution in [2.45, 2.75) is 31.8 Å². The van der Waals surface area contributed by atoms with Crippen LogP contribution < -0.4 is 5.56 Å². The molecule has 0 saturated carbocycles. The highest BCUT2D eigenvalue weighted by molar-refractivity contribution is 5.77. The molecule has 3 aromatic rings. The van der Waals surface area contributed by atoms with Gasteiger partial charge >= 0.3 is 5.97 Å². The number of nitrogens with zero attached hydrogens (tertiary/aromatic N) is 1. The van der Waals surface area contributed by atoms with Gasteiger partial charge in [-0.05, 0) is 31.5 Å². The maximum absolute atomic E-state index is 13.4. The summed E-state index contributed by atoms with van der Waals surface area (Å²) < 4.78 is 6.77. The van der Waals surface area contributed by atoms with E-state index in [-0.39, 0.29) is 18.6 Å². The fourth-order valence-electron chi connectivity index (χ4n) is 4.34. The Morgan fingerprint density at radius 1 is 1.17 bits per heavy atom. The minimum Gasteiger partial charge on any atom is -0.466 e. The number of benzene rings is 2. The largest absolute Gasteiger partial charge is 0.466 e. The van der Waals surface area contributed by atoms with Crippen molar-refractivity contribution in [3.05, 3.63) is 87.8 Å². The molecule has 1 heterocycles. The van der Waals surface area contributed by atoms with Crippen LogP contribution in [0.15, 0.2) is 65.5 Å². The first-order valence-electron chi connectivity index (χ1n) is 9.77. The lowest BCUT2D eigenvalue weighted by molar-refractivity contribution is -0.159. The molecule has 0 aliphatic heterocycles. The Hall–Kier alpha value is -3.12. The molecule has 0 unspecified atom stereocenters. The summed E-state index contributed by atoms with van der Waals surface area (Å²) in [5, 5.41) is 14.4. The second-order valence-electron chi connectivity index (χ2n) is 7.63. The quantitative estimate of drug-likeness (QED) is 0.669. The van der Waals surface area contributed by atoms with E-state index in [0.717, 1.165) is 5.56 Å². The van der Waals surface area contributed by atoms with Crippen molar-refractivity contribution in [1.82, 2.24) is 9.78 Å². The Morgan fingerprint density at radius 3 is 2.41 bits per heavy atom. The zero-order chi connectivity index (χ0) is 20.6. The minimum atomic E-state index is -1.37. The molecule has 1 aliphatic rings. The molecule has 0 bridgehead atoms. The molecule has 6 heteroatoms. The van der Waals surface area contributed by atoms with Crippen LogP contribution in [0.5, 0.6) is 0 Å². The van der Waals surface area contributed by atoms with Crippen LogP contribution in [0.4, 0.5) is 0 Å². The average molecular weight is 392 g/mol. The van der Waals surface area contributed by atoms with Crippen molar-refractivity contribution < 1.29 is 14.6 Å². The minimum absolute atomic E-state index is 0.157. The van der Waals surface area contributed by atoms with Gasteiger partial charge in [-0.1, -0.05) is 48.5 Å². The fraction of sp³-hybridized carbons (Fsp3) is 0.304. The van der Waals surface area contributed by atoms with Gasteiger partial charge in [0.05, 0.1) is 23.8 Å². The summed E-state index contributed by atoms with van der Waals surface area (Å²) in [5.74, 6) is -1.99. The summed E-state index contributed by atoms with van der Waals surface area (Å²) in [6.07, 6.45) is 0.157. The number of fused-ring (bicyclic) bond motifs is 1. The number of carbonyl (C=O) groups excluding carboxylic acids is 1. The lowest BCUT2D eigenvalue weighted by Crippen LogP contribution is -2.50. The number of aliphatic hydroxyl groups is 1. The molecular formula is C23H24N2O4. The standard InChI is InChI=1S/C23H24N2O4/c1-3-29-22(27)20-18(15-10-6-4-7-11-15)19-17(14-23(20,2)28)24-25(21(19)26)16-12-8-5-9-13-16/h4-13,18,20,24,28H,3,14H2,1-2H3/t18-,20-,23-/m0/s1. The van der Waals surface area contributed by atoms with Crippen molar-refractivity contribution in [1.29, 1.82) is 0 Å². The van der Waals surface area contributed by atoms with Gasteiger partial charge in [-0.2, -0.15) is 0 Å². The number of carbonyl (C=O) groups is 1. The second-order valence-corrected chi connectivity index (χ2v) is 7.63. The highest BCUT2D eigenvalue weighted by Crippen LogP contribution is 2.44. The van der Waals surface area contributed by atoms with Crippen LogP contribution in [-0.4, -0.2) is 33.1 Å². The van der Waals surface area contributed by atoms with E-state index in [4.69, 9.17) is 4.74 Å². The molecule has 2 aromatic carbocycles. The van der Waals surface area contributed by atoms with Gasteiger partial charge in [0, 0.05) is 23.6 Å². The zero-order valence-electron chi connectivity index (χ0n) is 16.5. The zero-order valence-corrected chi connectivity index (χ0v) is 16.5. The normalized spacial score (nSPS) is 23.4. The van der Waals surface area contributed by atoms with Gasteiger partial charge < -0.3 is 9.84 Å². The Bertz CT molecular complexity index is 1070. The number of H-pyrrole nitrogens is 1. The Morgan fingerprint density at radius 2 is 1.79 bits per heavy atom. The predicted octanol–water partition coefficient (Wildman–Crippen LogP) is 2.78. The summed E-state index contributed by atoms with van der Waals surface area (Å²) in [6, 6.07) is 18.6. The van der Waals surface area contributed by atoms with E-state index >= 15 is 0 Å². The summed E-state index contributed by atoms with van der Waals surface area (Å²) in [4.78, 5) is 26.3. The second kappa shape index (κ2) is 7.37. The molecule has 0 amide bonds. The van der Waals surface area contributed by atoms with Crippen molar-refractivity contribution in [2.24, 2.45) is 5.92 Å². The lowest BCUT2D eigenvalue weighted by Gasteiger charge is -2.40. The van der Waals surface area contributed by atoms with E-state index in [0.29, 0.717) is 16.9 Å². The number of aromatic nitrogens is 2. The molecule has 2 N–H and O–H groups in total. The van der Waals surface area contributed by atoms with E-state index in [1.165, 1.54) is 4.68 Å². The number of rotatable bonds is 4. The SMILES string of the molecule is CCOC(=O)[C@@H]1[C@@H](c2ccccc2)c2c([nH]n(-c3ccccc3)c2=O)C[C@]1(C)O. The smallest absolute Gasteiger partial charge is 0.312 e. The highest BCUT2D eigenvalue weighted by atomic mass is 16.5. The van der Waals surface area contributed by atoms with E-state index in [1.54, 1.807) is 13.8 Å². The number of para-hydroxylation sites is 1. The summed E-state index contributed by atoms with van der Waals surface area (Å²) in [6.45, 7) is 3.57. The monoisotopic (exact) mass is 392 g/mol. The van der Waals surface area contributed by atoms with Crippen LogP contribution in [0.1, 0.15) is 36.6 Å². The molecular weight excluding hydrogens is 368 g/mol. The average Bonchev–Trinajstić information content (AvgIpc) is 3.03. The molecule has 1 aromatic heterocycles. The van der Waals surface area contributed by atoms with Crippen LogP contribution in [0, 0.1) is 5.92 Å². The van der Waals surface area contributed by atoms with Crippen LogP contribution >= 0.6 is 0 Å². The molecule has 0 saturated heterocycles. The van der Waals surface area contributed by atoms with Gasteiger partial charge in [-0.15, -0.1) is 0 Å². The Balaban J connectivity index is 1.95. The number of nitrogens with one attached hydrogen (secondary N) is 1. The number of hydrogen-bond acceptors (Lipinski definition) is 4. The molecule has 0 spiro atoms. The number of aromatic amines is 1. The number of hydrogen-bond donors (Lipinski definition) is 2. The third-order valence-electron chi connectivity index (χ3n) is 5.57. The molecule has 0 radical (unpaired) electrons. The number of esters is 1. The van der Waals surface area contributed by atoms with Crippen LogP contribution in [0.3, 0.4) is 0 Å². The van der Waals surface area contributed by atoms with Gasteiger partial charge in [0.1, 0.15) is 0 Å². The maximum atomic E-state index is 13.4. The molecule has 4 rings (SSSR count). The maximum Gasteiger partial charge on any atom is 0.312 e. The summed E-state index contributed by atoms with van der Waals surface area (Å²) >= 11 is 0. The topological polar surface area (TPSA) is 84.3 Å².